The van der Waals surface area contributed by atoms with Crippen LogP contribution in [0.2, 0.25) is 0 Å². The van der Waals surface area contributed by atoms with Gasteiger partial charge in [0.25, 0.3) is 0 Å². The lowest BCUT2D eigenvalue weighted by Crippen LogP contribution is -2.43. The third-order valence-electron chi connectivity index (χ3n) is 4.95. The highest BCUT2D eigenvalue weighted by Crippen LogP contribution is 2.14. The molecule has 0 atom stereocenters. The molecule has 1 heterocycles. The van der Waals surface area contributed by atoms with Gasteiger partial charge in [0.2, 0.25) is 5.91 Å². The molecule has 0 unspecified atom stereocenters. The Balaban J connectivity index is 1.68. The van der Waals surface area contributed by atoms with Crippen LogP contribution in [-0.2, 0) is 17.9 Å². The molecule has 0 aromatic heterocycles. The number of amides is 1. The minimum atomic E-state index is -0.361. The molecule has 1 aliphatic heterocycles. The van der Waals surface area contributed by atoms with E-state index in [0.717, 1.165) is 19.0 Å². The lowest BCUT2D eigenvalue weighted by Gasteiger charge is -2.26. The van der Waals surface area contributed by atoms with E-state index in [1.807, 2.05) is 20.8 Å². The Morgan fingerprint density at radius 3 is 2.18 bits per heavy atom. The Hall–Kier alpha value is -2.08. The van der Waals surface area contributed by atoms with Crippen LogP contribution in [0.3, 0.4) is 0 Å². The summed E-state index contributed by atoms with van der Waals surface area (Å²) < 4.78 is 0. The monoisotopic (exact) mass is 387 g/mol. The van der Waals surface area contributed by atoms with Gasteiger partial charge >= 0.3 is 0 Å². The summed E-state index contributed by atoms with van der Waals surface area (Å²) in [5.41, 5.74) is 2.24. The molecule has 1 amide bonds. The number of rotatable bonds is 7. The standard InChI is InChI=1S/C22H37N5O/c1-22(2,3)20(28)24-12-13-25-21(23-4)26-16-18-8-10-19(11-9-18)17-27-14-6-5-7-15-27/h8-11H,5-7,12-17H2,1-4H3,(H,24,28)(H2,23,25,26). The van der Waals surface area contributed by atoms with E-state index in [1.165, 1.54) is 43.5 Å². The van der Waals surface area contributed by atoms with Gasteiger partial charge in [0.05, 0.1) is 0 Å². The SMILES string of the molecule is CN=C(NCCNC(=O)C(C)(C)C)NCc1ccc(CN2CCCCC2)cc1. The van der Waals surface area contributed by atoms with Gasteiger partial charge in [-0.3, -0.25) is 14.7 Å². The van der Waals surface area contributed by atoms with Gasteiger partial charge < -0.3 is 16.0 Å². The summed E-state index contributed by atoms with van der Waals surface area (Å²) in [5.74, 6) is 0.796. The predicted octanol–water partition coefficient (Wildman–Crippen LogP) is 2.50. The van der Waals surface area contributed by atoms with Crippen molar-refractivity contribution < 1.29 is 4.79 Å². The van der Waals surface area contributed by atoms with E-state index in [4.69, 9.17) is 0 Å². The van der Waals surface area contributed by atoms with Gasteiger partial charge in [0, 0.05) is 38.6 Å². The number of aliphatic imine (C=N–C) groups is 1. The summed E-state index contributed by atoms with van der Waals surface area (Å²) in [6.07, 6.45) is 4.03. The average molecular weight is 388 g/mol. The Bertz CT molecular complexity index is 627. The van der Waals surface area contributed by atoms with Crippen LogP contribution >= 0.6 is 0 Å². The third-order valence-corrected chi connectivity index (χ3v) is 4.95. The lowest BCUT2D eigenvalue weighted by molar-refractivity contribution is -0.128. The molecule has 1 fully saturated rings. The zero-order chi connectivity index (χ0) is 20.4. The first-order valence-electron chi connectivity index (χ1n) is 10.4. The quantitative estimate of drug-likeness (QED) is 0.382. The van der Waals surface area contributed by atoms with E-state index in [2.05, 4.69) is 50.1 Å². The largest absolute Gasteiger partial charge is 0.355 e. The van der Waals surface area contributed by atoms with Gasteiger partial charge in [-0.2, -0.15) is 0 Å². The number of hydrogen-bond donors (Lipinski definition) is 3. The number of likely N-dealkylation sites (tertiary alicyclic amines) is 1. The second kappa shape index (κ2) is 11.1. The summed E-state index contributed by atoms with van der Waals surface area (Å²) in [7, 11) is 1.75. The van der Waals surface area contributed by atoms with Crippen LogP contribution in [0.4, 0.5) is 0 Å². The van der Waals surface area contributed by atoms with Crippen LogP contribution in [0.1, 0.15) is 51.2 Å². The highest BCUT2D eigenvalue weighted by Gasteiger charge is 2.20. The number of carbonyl (C=O) groups is 1. The minimum absolute atomic E-state index is 0.0573. The molecule has 0 aliphatic carbocycles. The molecular formula is C22H37N5O. The van der Waals surface area contributed by atoms with Crippen molar-refractivity contribution in [1.29, 1.82) is 0 Å². The predicted molar refractivity (Wildman–Crippen MR) is 116 cm³/mol. The van der Waals surface area contributed by atoms with Gasteiger partial charge in [0.1, 0.15) is 0 Å². The van der Waals surface area contributed by atoms with Crippen LogP contribution in [0.15, 0.2) is 29.3 Å². The summed E-state index contributed by atoms with van der Waals surface area (Å²) in [6.45, 7) is 11.2. The second-order valence-electron chi connectivity index (χ2n) is 8.51. The van der Waals surface area contributed by atoms with Crippen LogP contribution in [0.5, 0.6) is 0 Å². The van der Waals surface area contributed by atoms with E-state index in [0.29, 0.717) is 13.1 Å². The van der Waals surface area contributed by atoms with Crippen molar-refractivity contribution >= 4 is 11.9 Å². The molecule has 0 radical (unpaired) electrons. The molecule has 1 saturated heterocycles. The number of nitrogens with zero attached hydrogens (tertiary/aromatic N) is 2. The molecule has 28 heavy (non-hydrogen) atoms. The summed E-state index contributed by atoms with van der Waals surface area (Å²) in [5, 5.41) is 9.48. The van der Waals surface area contributed by atoms with Gasteiger partial charge in [-0.1, -0.05) is 51.5 Å². The van der Waals surface area contributed by atoms with Crippen LogP contribution < -0.4 is 16.0 Å². The maximum absolute atomic E-state index is 11.9. The maximum atomic E-state index is 11.9. The maximum Gasteiger partial charge on any atom is 0.225 e. The van der Waals surface area contributed by atoms with E-state index < -0.39 is 0 Å². The number of guanidine groups is 1. The van der Waals surface area contributed by atoms with Crippen molar-refractivity contribution in [2.45, 2.75) is 53.1 Å². The number of piperidine rings is 1. The smallest absolute Gasteiger partial charge is 0.225 e. The van der Waals surface area contributed by atoms with Crippen LogP contribution in [0.25, 0.3) is 0 Å². The number of benzene rings is 1. The zero-order valence-electron chi connectivity index (χ0n) is 18.0. The molecule has 0 saturated carbocycles. The zero-order valence-corrected chi connectivity index (χ0v) is 18.0. The molecule has 1 aromatic rings. The molecule has 2 rings (SSSR count). The molecule has 0 spiro atoms. The molecule has 6 nitrogen and oxygen atoms in total. The van der Waals surface area contributed by atoms with Crippen LogP contribution in [0, 0.1) is 5.41 Å². The van der Waals surface area contributed by atoms with Gasteiger partial charge in [-0.05, 0) is 37.1 Å². The summed E-state index contributed by atoms with van der Waals surface area (Å²) in [6, 6.07) is 8.82. The normalized spacial score (nSPS) is 15.9. The van der Waals surface area contributed by atoms with Gasteiger partial charge in [-0.15, -0.1) is 0 Å². The lowest BCUT2D eigenvalue weighted by atomic mass is 9.96. The second-order valence-corrected chi connectivity index (χ2v) is 8.51. The molecule has 3 N–H and O–H groups in total. The third kappa shape index (κ3) is 7.89. The van der Waals surface area contributed by atoms with E-state index in [1.54, 1.807) is 7.05 Å². The molecule has 6 heteroatoms. The minimum Gasteiger partial charge on any atom is -0.355 e. The Kier molecular flexibility index (Phi) is 8.77. The first kappa shape index (κ1) is 22.2. The van der Waals surface area contributed by atoms with Crippen molar-refractivity contribution in [3.05, 3.63) is 35.4 Å². The first-order chi connectivity index (χ1) is 13.4. The van der Waals surface area contributed by atoms with E-state index in [-0.39, 0.29) is 11.3 Å². The fraction of sp³-hybridized carbons (Fsp3) is 0.636. The number of nitrogens with one attached hydrogen (secondary N) is 3. The van der Waals surface area contributed by atoms with Crippen molar-refractivity contribution in [3.8, 4) is 0 Å². The fourth-order valence-electron chi connectivity index (χ4n) is 3.17. The molecule has 0 bridgehead atoms. The number of carbonyl (C=O) groups excluding carboxylic acids is 1. The topological polar surface area (TPSA) is 68.8 Å². The Morgan fingerprint density at radius 2 is 1.57 bits per heavy atom. The van der Waals surface area contributed by atoms with Gasteiger partial charge in [0.15, 0.2) is 5.96 Å². The van der Waals surface area contributed by atoms with Crippen molar-refractivity contribution in [1.82, 2.24) is 20.9 Å². The average Bonchev–Trinajstić information content (AvgIpc) is 2.68. The van der Waals surface area contributed by atoms with Crippen molar-refractivity contribution in [2.75, 3.05) is 33.2 Å². The molecule has 156 valence electrons. The fourth-order valence-corrected chi connectivity index (χ4v) is 3.17. The van der Waals surface area contributed by atoms with E-state index >= 15 is 0 Å². The van der Waals surface area contributed by atoms with Gasteiger partial charge in [-0.25, -0.2) is 0 Å². The Morgan fingerprint density at radius 1 is 0.964 bits per heavy atom. The summed E-state index contributed by atoms with van der Waals surface area (Å²) >= 11 is 0. The van der Waals surface area contributed by atoms with E-state index in [9.17, 15) is 4.79 Å². The highest BCUT2D eigenvalue weighted by atomic mass is 16.2. The number of hydrogen-bond acceptors (Lipinski definition) is 3. The molecular weight excluding hydrogens is 350 g/mol. The molecule has 1 aromatic carbocycles. The van der Waals surface area contributed by atoms with Crippen LogP contribution in [-0.4, -0.2) is 50.0 Å². The highest BCUT2D eigenvalue weighted by molar-refractivity contribution is 5.81. The summed E-state index contributed by atoms with van der Waals surface area (Å²) in [4.78, 5) is 18.6. The van der Waals surface area contributed by atoms with Crippen molar-refractivity contribution in [3.63, 3.8) is 0 Å². The Labute approximate surface area is 170 Å². The first-order valence-corrected chi connectivity index (χ1v) is 10.4. The van der Waals surface area contributed by atoms with Crippen molar-refractivity contribution in [2.24, 2.45) is 10.4 Å². The molecule has 1 aliphatic rings.